The minimum Gasteiger partial charge on any atom is -0.396 e. The Morgan fingerprint density at radius 2 is 1.86 bits per heavy atom. The van der Waals surface area contributed by atoms with Crippen LogP contribution in [0.15, 0.2) is 17.4 Å². The second-order valence-electron chi connectivity index (χ2n) is 1.04. The molecule has 0 aliphatic carbocycles. The maximum atomic E-state index is 5.02. The average molecular weight is 100 g/mol. The third kappa shape index (κ3) is 1.64. The molecule has 0 atom stereocenters. The zero-order valence-corrected chi connectivity index (χ0v) is 3.89. The second-order valence-corrected chi connectivity index (χ2v) is 1.04. The van der Waals surface area contributed by atoms with E-state index in [4.69, 9.17) is 17.3 Å². The first-order valence-electron chi connectivity index (χ1n) is 1.66. The lowest BCUT2D eigenvalue weighted by atomic mass is 10.5. The number of amidine groups is 1. The molecule has 0 amide bonds. The Kier molecular flexibility index (Phi) is 1.72. The van der Waals surface area contributed by atoms with Gasteiger partial charge in [-0.15, -0.1) is 0 Å². The lowest BCUT2D eigenvalue weighted by Gasteiger charge is -1.90. The minimum atomic E-state index is 0.0833. The number of rotatable bonds is 1. The van der Waals surface area contributed by atoms with Crippen molar-refractivity contribution in [2.45, 2.75) is 0 Å². The number of hydrazone groups is 1. The van der Waals surface area contributed by atoms with Crippen molar-refractivity contribution >= 4 is 5.84 Å². The Balaban J connectivity index is 3.82. The first-order valence-corrected chi connectivity index (χ1v) is 1.66. The summed E-state index contributed by atoms with van der Waals surface area (Å²) in [7, 11) is 0. The van der Waals surface area contributed by atoms with E-state index in [9.17, 15) is 0 Å². The van der Waals surface area contributed by atoms with Crippen LogP contribution < -0.4 is 17.3 Å². The van der Waals surface area contributed by atoms with Gasteiger partial charge in [-0.2, -0.15) is 5.10 Å². The fourth-order valence-electron chi connectivity index (χ4n) is 0.0829. The maximum Gasteiger partial charge on any atom is 0.165 e. The zero-order chi connectivity index (χ0) is 5.86. The van der Waals surface area contributed by atoms with E-state index in [0.717, 1.165) is 0 Å². The molecule has 0 saturated heterocycles. The van der Waals surface area contributed by atoms with Crippen molar-refractivity contribution in [3.8, 4) is 0 Å². The highest BCUT2D eigenvalue weighted by Gasteiger charge is 1.86. The summed E-state index contributed by atoms with van der Waals surface area (Å²) in [5.74, 6) is 4.78. The maximum absolute atomic E-state index is 5.02. The molecule has 0 rings (SSSR count). The van der Waals surface area contributed by atoms with Gasteiger partial charge in [0.2, 0.25) is 0 Å². The summed E-state index contributed by atoms with van der Waals surface area (Å²) in [6.45, 7) is 3.27. The highest BCUT2D eigenvalue weighted by molar-refractivity contribution is 5.95. The van der Waals surface area contributed by atoms with Crippen LogP contribution in [-0.2, 0) is 0 Å². The Morgan fingerprint density at radius 1 is 1.43 bits per heavy atom. The molecule has 0 fully saturated rings. The lowest BCUT2D eigenvalue weighted by Crippen LogP contribution is -2.21. The van der Waals surface area contributed by atoms with Crippen LogP contribution in [0, 0.1) is 0 Å². The van der Waals surface area contributed by atoms with E-state index in [1.54, 1.807) is 0 Å². The van der Waals surface area contributed by atoms with E-state index in [0.29, 0.717) is 0 Å². The molecule has 4 heteroatoms. The molecule has 0 spiro atoms. The molecule has 0 aromatic carbocycles. The van der Waals surface area contributed by atoms with Crippen molar-refractivity contribution in [3.63, 3.8) is 0 Å². The van der Waals surface area contributed by atoms with Crippen LogP contribution in [0.1, 0.15) is 0 Å². The summed E-state index contributed by atoms with van der Waals surface area (Å²) in [6.07, 6.45) is 0. The van der Waals surface area contributed by atoms with Crippen LogP contribution in [0.25, 0.3) is 0 Å². The van der Waals surface area contributed by atoms with Gasteiger partial charge in [0, 0.05) is 0 Å². The average Bonchev–Trinajstić information content (AvgIpc) is 1.65. The topological polar surface area (TPSA) is 90.4 Å². The van der Waals surface area contributed by atoms with Crippen LogP contribution in [0.5, 0.6) is 0 Å². The van der Waals surface area contributed by atoms with Crippen molar-refractivity contribution in [1.29, 1.82) is 0 Å². The molecule has 0 unspecified atom stereocenters. The molecule has 0 aromatic rings. The molecule has 0 aliphatic rings. The third-order valence-electron chi connectivity index (χ3n) is 0.468. The molecule has 4 nitrogen and oxygen atoms in total. The van der Waals surface area contributed by atoms with Gasteiger partial charge < -0.3 is 17.3 Å². The minimum absolute atomic E-state index is 0.0833. The smallest absolute Gasteiger partial charge is 0.165 e. The summed E-state index contributed by atoms with van der Waals surface area (Å²) in [5, 5.41) is 3.06. The molecule has 0 bridgehead atoms. The number of hydrogen-bond acceptors (Lipinski definition) is 3. The van der Waals surface area contributed by atoms with E-state index >= 15 is 0 Å². The fourth-order valence-corrected chi connectivity index (χ4v) is 0.0829. The lowest BCUT2D eigenvalue weighted by molar-refractivity contribution is 1.22. The highest BCUT2D eigenvalue weighted by atomic mass is 15.2. The molecule has 6 N–H and O–H groups in total. The molecular formula is C3H8N4. The van der Waals surface area contributed by atoms with Gasteiger partial charge in [0.05, 0.1) is 5.70 Å². The predicted molar refractivity (Wildman–Crippen MR) is 29.1 cm³/mol. The van der Waals surface area contributed by atoms with Gasteiger partial charge in [0.25, 0.3) is 0 Å². The highest BCUT2D eigenvalue weighted by Crippen LogP contribution is 1.70. The molecule has 7 heavy (non-hydrogen) atoms. The van der Waals surface area contributed by atoms with Gasteiger partial charge in [-0.1, -0.05) is 6.58 Å². The molecule has 0 aliphatic heterocycles. The largest absolute Gasteiger partial charge is 0.396 e. The van der Waals surface area contributed by atoms with E-state index in [2.05, 4.69) is 11.7 Å². The summed E-state index contributed by atoms with van der Waals surface area (Å²) in [6, 6.07) is 0. The molecule has 0 saturated carbocycles. The van der Waals surface area contributed by atoms with Gasteiger partial charge in [0.1, 0.15) is 0 Å². The van der Waals surface area contributed by atoms with Crippen LogP contribution in [0.3, 0.4) is 0 Å². The summed E-state index contributed by atoms with van der Waals surface area (Å²) >= 11 is 0. The Bertz CT molecular complexity index is 104. The third-order valence-corrected chi connectivity index (χ3v) is 0.468. The van der Waals surface area contributed by atoms with Crippen LogP contribution in [0.4, 0.5) is 0 Å². The van der Waals surface area contributed by atoms with E-state index in [1.807, 2.05) is 0 Å². The number of nitrogens with two attached hydrogens (primary N) is 3. The summed E-state index contributed by atoms with van der Waals surface area (Å²) in [4.78, 5) is 0. The van der Waals surface area contributed by atoms with Gasteiger partial charge in [-0.25, -0.2) is 0 Å². The summed E-state index contributed by atoms with van der Waals surface area (Å²) in [5.41, 5.74) is 10.2. The molecule has 0 aromatic heterocycles. The Hall–Kier alpha value is -1.19. The predicted octanol–water partition coefficient (Wildman–Crippen LogP) is -1.31. The van der Waals surface area contributed by atoms with Crippen molar-refractivity contribution in [2.75, 3.05) is 0 Å². The van der Waals surface area contributed by atoms with Crippen LogP contribution in [0.2, 0.25) is 0 Å². The van der Waals surface area contributed by atoms with Gasteiger partial charge >= 0.3 is 0 Å². The number of nitrogens with zero attached hydrogens (tertiary/aromatic N) is 1. The van der Waals surface area contributed by atoms with E-state index in [-0.39, 0.29) is 11.5 Å². The van der Waals surface area contributed by atoms with Crippen molar-refractivity contribution < 1.29 is 0 Å². The van der Waals surface area contributed by atoms with Gasteiger partial charge in [-0.05, 0) is 0 Å². The van der Waals surface area contributed by atoms with E-state index in [1.165, 1.54) is 0 Å². The van der Waals surface area contributed by atoms with Crippen molar-refractivity contribution in [3.05, 3.63) is 12.3 Å². The van der Waals surface area contributed by atoms with Crippen molar-refractivity contribution in [1.82, 2.24) is 0 Å². The van der Waals surface area contributed by atoms with Gasteiger partial charge in [0.15, 0.2) is 5.84 Å². The van der Waals surface area contributed by atoms with Crippen molar-refractivity contribution in [2.24, 2.45) is 22.4 Å². The Labute approximate surface area is 41.7 Å². The van der Waals surface area contributed by atoms with Gasteiger partial charge in [-0.3, -0.25) is 0 Å². The zero-order valence-electron chi connectivity index (χ0n) is 3.89. The van der Waals surface area contributed by atoms with Crippen LogP contribution in [-0.4, -0.2) is 5.84 Å². The molecule has 0 radical (unpaired) electrons. The first kappa shape index (κ1) is 5.81. The standard InChI is InChI=1S/C3H8N4/c1-2(4)3(5)7-6/h1,4,6H2,(H2,5,7). The summed E-state index contributed by atoms with van der Waals surface area (Å²) < 4.78 is 0. The second kappa shape index (κ2) is 2.07. The van der Waals surface area contributed by atoms with Crippen LogP contribution >= 0.6 is 0 Å². The molecule has 0 heterocycles. The molecule has 40 valence electrons. The SMILES string of the molecule is C=C(N)/C(N)=N\N. The molecular weight excluding hydrogens is 92.1 g/mol. The number of hydrogen-bond donors (Lipinski definition) is 3. The monoisotopic (exact) mass is 100 g/mol. The Morgan fingerprint density at radius 3 is 1.86 bits per heavy atom. The normalized spacial score (nSPS) is 11.1. The quantitative estimate of drug-likeness (QED) is 0.165. The first-order chi connectivity index (χ1) is 3.18. The fraction of sp³-hybridized carbons (Fsp3) is 0. The van der Waals surface area contributed by atoms with E-state index < -0.39 is 0 Å².